The van der Waals surface area contributed by atoms with Gasteiger partial charge < -0.3 is 4.90 Å². The summed E-state index contributed by atoms with van der Waals surface area (Å²) < 4.78 is 0. The number of carbonyl (C=O) groups excluding carboxylic acids is 1. The van der Waals surface area contributed by atoms with E-state index in [1.165, 1.54) is 6.42 Å². The molecule has 1 spiro atoms. The highest BCUT2D eigenvalue weighted by Crippen LogP contribution is 2.40. The van der Waals surface area contributed by atoms with E-state index in [9.17, 15) is 4.79 Å². The van der Waals surface area contributed by atoms with E-state index in [1.807, 2.05) is 0 Å². The maximum Gasteiger partial charge on any atom is 0.323 e. The Kier molecular flexibility index (Phi) is 3.22. The summed E-state index contributed by atoms with van der Waals surface area (Å²) in [5.74, 6) is 1.02. The highest BCUT2D eigenvalue weighted by Gasteiger charge is 2.51. The van der Waals surface area contributed by atoms with Gasteiger partial charge in [-0.1, -0.05) is 32.3 Å². The van der Waals surface area contributed by atoms with Crippen molar-refractivity contribution in [3.8, 4) is 0 Å². The van der Waals surface area contributed by atoms with Crippen LogP contribution in [0.3, 0.4) is 0 Å². The van der Waals surface area contributed by atoms with E-state index >= 15 is 0 Å². The Hall–Kier alpha value is -1.32. The average molecular weight is 235 g/mol. The monoisotopic (exact) mass is 235 g/mol. The van der Waals surface area contributed by atoms with Gasteiger partial charge in [-0.05, 0) is 18.8 Å². The quantitative estimate of drug-likeness (QED) is 0.726. The van der Waals surface area contributed by atoms with Crippen molar-refractivity contribution in [3.63, 3.8) is 0 Å². The summed E-state index contributed by atoms with van der Waals surface area (Å²) in [7, 11) is 0. The summed E-state index contributed by atoms with van der Waals surface area (Å²) in [5, 5.41) is 10.8. The Morgan fingerprint density at radius 2 is 2.47 bits per heavy atom. The molecule has 0 bridgehead atoms. The lowest BCUT2D eigenvalue weighted by atomic mass is 9.73. The van der Waals surface area contributed by atoms with E-state index in [0.29, 0.717) is 18.3 Å². The molecule has 2 aliphatic rings. The fourth-order valence-electron chi connectivity index (χ4n) is 3.19. The molecule has 2 atom stereocenters. The van der Waals surface area contributed by atoms with Crippen molar-refractivity contribution in [3.05, 3.63) is 12.7 Å². The van der Waals surface area contributed by atoms with Crippen LogP contribution in [0, 0.1) is 11.3 Å². The predicted octanol–water partition coefficient (Wildman–Crippen LogP) is 2.51. The van der Waals surface area contributed by atoms with Crippen molar-refractivity contribution in [2.45, 2.75) is 44.6 Å². The first-order valence-electron chi connectivity index (χ1n) is 6.42. The van der Waals surface area contributed by atoms with Crippen molar-refractivity contribution in [1.82, 2.24) is 10.2 Å². The lowest BCUT2D eigenvalue weighted by Gasteiger charge is -2.42. The van der Waals surface area contributed by atoms with Crippen molar-refractivity contribution in [1.29, 1.82) is 5.41 Å². The standard InChI is InChI=1S/C13H21N3O/c1-3-8-16-12(17)15-11(14)13(16)7-5-6-10(4-2)9-13/h3,10H,1,4-9H2,2H3,(H2,14,15,17). The van der Waals surface area contributed by atoms with Gasteiger partial charge in [-0.2, -0.15) is 0 Å². The molecule has 0 radical (unpaired) electrons. The van der Waals surface area contributed by atoms with Crippen LogP contribution < -0.4 is 5.32 Å². The Bertz CT molecular complexity index is 353. The third-order valence-electron chi connectivity index (χ3n) is 4.18. The lowest BCUT2D eigenvalue weighted by molar-refractivity contribution is 0.130. The van der Waals surface area contributed by atoms with Crippen molar-refractivity contribution < 1.29 is 4.79 Å². The highest BCUT2D eigenvalue weighted by molar-refractivity contribution is 6.08. The molecule has 4 nitrogen and oxygen atoms in total. The molecule has 0 aromatic carbocycles. The van der Waals surface area contributed by atoms with Gasteiger partial charge in [-0.25, -0.2) is 4.79 Å². The number of nitrogens with zero attached hydrogens (tertiary/aromatic N) is 1. The van der Waals surface area contributed by atoms with E-state index in [0.717, 1.165) is 25.7 Å². The van der Waals surface area contributed by atoms with Crippen LogP contribution in [0.1, 0.15) is 39.0 Å². The second-order valence-corrected chi connectivity index (χ2v) is 5.11. The minimum atomic E-state index is -0.371. The number of rotatable bonds is 3. The van der Waals surface area contributed by atoms with Gasteiger partial charge in [0.1, 0.15) is 11.4 Å². The molecule has 2 fully saturated rings. The summed E-state index contributed by atoms with van der Waals surface area (Å²) in [6.45, 7) is 6.43. The van der Waals surface area contributed by atoms with E-state index in [2.05, 4.69) is 18.8 Å². The molecule has 1 aliphatic heterocycles. The van der Waals surface area contributed by atoms with Gasteiger partial charge in [0.2, 0.25) is 0 Å². The number of hydrogen-bond donors (Lipinski definition) is 2. The fraction of sp³-hybridized carbons (Fsp3) is 0.692. The molecule has 2 unspecified atom stereocenters. The Balaban J connectivity index is 2.27. The summed E-state index contributed by atoms with van der Waals surface area (Å²) >= 11 is 0. The molecule has 0 aromatic heterocycles. The normalized spacial score (nSPS) is 33.0. The van der Waals surface area contributed by atoms with E-state index in [-0.39, 0.29) is 11.6 Å². The molecule has 17 heavy (non-hydrogen) atoms. The average Bonchev–Trinajstić information content (AvgIpc) is 2.54. The maximum atomic E-state index is 11.9. The zero-order chi connectivity index (χ0) is 12.5. The van der Waals surface area contributed by atoms with E-state index in [4.69, 9.17) is 5.41 Å². The highest BCUT2D eigenvalue weighted by atomic mass is 16.2. The summed E-state index contributed by atoms with van der Waals surface area (Å²) in [5.41, 5.74) is -0.371. The van der Waals surface area contributed by atoms with Crippen LogP contribution in [-0.2, 0) is 0 Å². The Morgan fingerprint density at radius 3 is 3.12 bits per heavy atom. The Labute approximate surface area is 103 Å². The summed E-state index contributed by atoms with van der Waals surface area (Å²) in [6.07, 6.45) is 7.04. The third-order valence-corrected chi connectivity index (χ3v) is 4.18. The molecule has 1 heterocycles. The van der Waals surface area contributed by atoms with Crippen molar-refractivity contribution >= 4 is 11.9 Å². The molecular formula is C13H21N3O. The smallest absolute Gasteiger partial charge is 0.308 e. The van der Waals surface area contributed by atoms with Crippen LogP contribution in [0.5, 0.6) is 0 Å². The van der Waals surface area contributed by atoms with Crippen LogP contribution in [0.2, 0.25) is 0 Å². The van der Waals surface area contributed by atoms with Gasteiger partial charge in [0.25, 0.3) is 0 Å². The zero-order valence-corrected chi connectivity index (χ0v) is 10.5. The third kappa shape index (κ3) is 1.85. The van der Waals surface area contributed by atoms with Gasteiger partial charge >= 0.3 is 6.03 Å². The molecule has 4 heteroatoms. The lowest BCUT2D eigenvalue weighted by Crippen LogP contribution is -2.52. The zero-order valence-electron chi connectivity index (χ0n) is 10.5. The number of carbonyl (C=O) groups is 1. The molecule has 1 saturated carbocycles. The van der Waals surface area contributed by atoms with Crippen molar-refractivity contribution in [2.24, 2.45) is 5.92 Å². The predicted molar refractivity (Wildman–Crippen MR) is 68.1 cm³/mol. The molecule has 2 N–H and O–H groups in total. The van der Waals surface area contributed by atoms with E-state index < -0.39 is 0 Å². The van der Waals surface area contributed by atoms with Crippen molar-refractivity contribution in [2.75, 3.05) is 6.54 Å². The number of hydrogen-bond acceptors (Lipinski definition) is 2. The van der Waals surface area contributed by atoms with Crippen LogP contribution in [0.4, 0.5) is 4.79 Å². The largest absolute Gasteiger partial charge is 0.323 e. The molecular weight excluding hydrogens is 214 g/mol. The Morgan fingerprint density at radius 1 is 1.71 bits per heavy atom. The summed E-state index contributed by atoms with van der Waals surface area (Å²) in [4.78, 5) is 13.7. The molecule has 2 rings (SSSR count). The SMILES string of the molecule is C=CCN1C(=O)NC(=N)C12CCCC(CC)C2. The number of urea groups is 1. The molecule has 2 amide bonds. The first-order chi connectivity index (χ1) is 8.14. The minimum absolute atomic E-state index is 0.133. The molecule has 0 aromatic rings. The summed E-state index contributed by atoms with van der Waals surface area (Å²) in [6, 6.07) is -0.133. The molecule has 1 aliphatic carbocycles. The van der Waals surface area contributed by atoms with Crippen LogP contribution in [-0.4, -0.2) is 28.9 Å². The number of amidine groups is 1. The second kappa shape index (κ2) is 4.51. The van der Waals surface area contributed by atoms with Gasteiger partial charge in [-0.3, -0.25) is 10.7 Å². The van der Waals surface area contributed by atoms with Crippen LogP contribution in [0.25, 0.3) is 0 Å². The van der Waals surface area contributed by atoms with Gasteiger partial charge in [0.05, 0.1) is 0 Å². The van der Waals surface area contributed by atoms with Gasteiger partial charge in [-0.15, -0.1) is 6.58 Å². The van der Waals surface area contributed by atoms with Crippen LogP contribution >= 0.6 is 0 Å². The fourth-order valence-corrected chi connectivity index (χ4v) is 3.19. The van der Waals surface area contributed by atoms with Crippen LogP contribution in [0.15, 0.2) is 12.7 Å². The first-order valence-corrected chi connectivity index (χ1v) is 6.42. The minimum Gasteiger partial charge on any atom is -0.308 e. The molecule has 1 saturated heterocycles. The maximum absolute atomic E-state index is 11.9. The second-order valence-electron chi connectivity index (χ2n) is 5.11. The topological polar surface area (TPSA) is 56.2 Å². The molecule has 94 valence electrons. The van der Waals surface area contributed by atoms with Gasteiger partial charge in [0, 0.05) is 6.54 Å². The number of nitrogens with one attached hydrogen (secondary N) is 2. The number of amides is 2. The van der Waals surface area contributed by atoms with Gasteiger partial charge in [0.15, 0.2) is 0 Å². The first kappa shape index (κ1) is 12.1. The van der Waals surface area contributed by atoms with E-state index in [1.54, 1.807) is 11.0 Å².